The van der Waals surface area contributed by atoms with Gasteiger partial charge in [-0.05, 0) is 19.8 Å². The minimum absolute atomic E-state index is 0.463. The minimum Gasteiger partial charge on any atom is -0.480 e. The van der Waals surface area contributed by atoms with Crippen LogP contribution in [0, 0.1) is 5.92 Å². The summed E-state index contributed by atoms with van der Waals surface area (Å²) in [4.78, 5) is 32.4. The second-order valence-corrected chi connectivity index (χ2v) is 3.85. The first-order valence-electron chi connectivity index (χ1n) is 5.56. The van der Waals surface area contributed by atoms with Gasteiger partial charge in [0.2, 0.25) is 5.92 Å². The number of carbonyl (C=O) groups is 3. The molecule has 0 saturated carbocycles. The van der Waals surface area contributed by atoms with Gasteiger partial charge in [0.1, 0.15) is 0 Å². The molecule has 0 aliphatic carbocycles. The molecule has 6 nitrogen and oxygen atoms in total. The van der Waals surface area contributed by atoms with Gasteiger partial charge in [-0.1, -0.05) is 19.8 Å². The van der Waals surface area contributed by atoms with E-state index in [1.165, 1.54) is 0 Å². The van der Waals surface area contributed by atoms with E-state index in [1.807, 2.05) is 6.92 Å². The lowest BCUT2D eigenvalue weighted by Crippen LogP contribution is -2.34. The lowest BCUT2D eigenvalue weighted by atomic mass is 10.1. The molecule has 0 aromatic heterocycles. The molecular weight excluding hydrogens is 228 g/mol. The Hall–Kier alpha value is -1.59. The van der Waals surface area contributed by atoms with Crippen LogP contribution in [-0.4, -0.2) is 34.2 Å². The monoisotopic (exact) mass is 246 g/mol. The molecule has 0 heterocycles. The molecule has 0 saturated heterocycles. The van der Waals surface area contributed by atoms with Gasteiger partial charge in [-0.2, -0.15) is 0 Å². The summed E-state index contributed by atoms with van der Waals surface area (Å²) >= 11 is 0. The van der Waals surface area contributed by atoms with E-state index >= 15 is 0 Å². The zero-order valence-corrected chi connectivity index (χ0v) is 10.0. The Bertz CT molecular complexity index is 272. The van der Waals surface area contributed by atoms with Crippen molar-refractivity contribution in [3.8, 4) is 0 Å². The Morgan fingerprint density at radius 1 is 1.12 bits per heavy atom. The number of ether oxygens (including phenoxy) is 1. The maximum atomic E-state index is 11.3. The van der Waals surface area contributed by atoms with Gasteiger partial charge in [-0.15, -0.1) is 0 Å². The number of hydrogen-bond acceptors (Lipinski definition) is 4. The number of esters is 1. The molecule has 0 aromatic rings. The van der Waals surface area contributed by atoms with Crippen molar-refractivity contribution in [1.82, 2.24) is 0 Å². The topological polar surface area (TPSA) is 101 Å². The molecule has 0 aliphatic heterocycles. The molecule has 0 amide bonds. The summed E-state index contributed by atoms with van der Waals surface area (Å²) in [6.45, 7) is 3.65. The first-order chi connectivity index (χ1) is 7.90. The third kappa shape index (κ3) is 5.89. The Balaban J connectivity index is 4.22. The Kier molecular flexibility index (Phi) is 6.93. The number of carboxylic acid groups (broad SMARTS) is 2. The SMILES string of the molecule is CCCCCC(C)OC(=O)C(C(=O)O)C(=O)O. The molecule has 98 valence electrons. The summed E-state index contributed by atoms with van der Waals surface area (Å²) in [5.41, 5.74) is 0. The standard InChI is InChI=1S/C11H18O6/c1-3-4-5-6-7(2)17-11(16)8(9(12)13)10(14)15/h7-8H,3-6H2,1-2H3,(H,12,13)(H,14,15). The molecule has 6 heteroatoms. The number of carboxylic acids is 2. The third-order valence-electron chi connectivity index (χ3n) is 2.26. The first kappa shape index (κ1) is 15.4. The Labute approximate surface area is 99.6 Å². The summed E-state index contributed by atoms with van der Waals surface area (Å²) < 4.78 is 4.78. The van der Waals surface area contributed by atoms with E-state index in [1.54, 1.807) is 6.92 Å². The molecule has 1 unspecified atom stereocenters. The van der Waals surface area contributed by atoms with Crippen LogP contribution in [0.4, 0.5) is 0 Å². The van der Waals surface area contributed by atoms with E-state index in [4.69, 9.17) is 14.9 Å². The average molecular weight is 246 g/mol. The molecule has 2 N–H and O–H groups in total. The van der Waals surface area contributed by atoms with Crippen LogP contribution >= 0.6 is 0 Å². The number of aliphatic carboxylic acids is 2. The van der Waals surface area contributed by atoms with Crippen LogP contribution in [0.2, 0.25) is 0 Å². The van der Waals surface area contributed by atoms with E-state index in [0.717, 1.165) is 19.3 Å². The maximum Gasteiger partial charge on any atom is 0.332 e. The van der Waals surface area contributed by atoms with Gasteiger partial charge in [-0.3, -0.25) is 14.4 Å². The normalized spacial score (nSPS) is 12.2. The number of carbonyl (C=O) groups excluding carboxylic acids is 1. The largest absolute Gasteiger partial charge is 0.480 e. The van der Waals surface area contributed by atoms with Crippen molar-refractivity contribution < 1.29 is 29.3 Å². The lowest BCUT2D eigenvalue weighted by Gasteiger charge is -2.14. The first-order valence-corrected chi connectivity index (χ1v) is 5.56. The van der Waals surface area contributed by atoms with Gasteiger partial charge in [0, 0.05) is 0 Å². The van der Waals surface area contributed by atoms with Crippen LogP contribution in [0.3, 0.4) is 0 Å². The highest BCUT2D eigenvalue weighted by molar-refractivity contribution is 6.11. The van der Waals surface area contributed by atoms with Crippen molar-refractivity contribution in [2.45, 2.75) is 45.6 Å². The van der Waals surface area contributed by atoms with E-state index in [0.29, 0.717) is 6.42 Å². The molecule has 0 aliphatic rings. The quantitative estimate of drug-likeness (QED) is 0.380. The molecule has 1 atom stereocenters. The molecule has 0 rings (SSSR count). The number of hydrogen-bond donors (Lipinski definition) is 2. The van der Waals surface area contributed by atoms with Crippen molar-refractivity contribution in [3.63, 3.8) is 0 Å². The smallest absolute Gasteiger partial charge is 0.332 e. The Morgan fingerprint density at radius 2 is 1.65 bits per heavy atom. The molecule has 17 heavy (non-hydrogen) atoms. The minimum atomic E-state index is -2.14. The summed E-state index contributed by atoms with van der Waals surface area (Å²) in [6.07, 6.45) is 3.01. The molecular formula is C11H18O6. The van der Waals surface area contributed by atoms with Crippen molar-refractivity contribution in [1.29, 1.82) is 0 Å². The van der Waals surface area contributed by atoms with Crippen molar-refractivity contribution in [2.75, 3.05) is 0 Å². The van der Waals surface area contributed by atoms with Crippen LogP contribution in [0.1, 0.15) is 39.5 Å². The van der Waals surface area contributed by atoms with Crippen LogP contribution in [-0.2, 0) is 19.1 Å². The molecule has 0 aromatic carbocycles. The fraction of sp³-hybridized carbons (Fsp3) is 0.727. The van der Waals surface area contributed by atoms with Crippen molar-refractivity contribution in [2.24, 2.45) is 5.92 Å². The second-order valence-electron chi connectivity index (χ2n) is 3.85. The molecule has 0 bridgehead atoms. The van der Waals surface area contributed by atoms with E-state index in [9.17, 15) is 14.4 Å². The second kappa shape index (κ2) is 7.65. The highest BCUT2D eigenvalue weighted by Crippen LogP contribution is 2.09. The predicted molar refractivity (Wildman–Crippen MR) is 58.5 cm³/mol. The van der Waals surface area contributed by atoms with Crippen LogP contribution in [0.5, 0.6) is 0 Å². The zero-order valence-electron chi connectivity index (χ0n) is 10.0. The third-order valence-corrected chi connectivity index (χ3v) is 2.26. The van der Waals surface area contributed by atoms with Crippen molar-refractivity contribution in [3.05, 3.63) is 0 Å². The Morgan fingerprint density at radius 3 is 2.06 bits per heavy atom. The molecule has 0 spiro atoms. The van der Waals surface area contributed by atoms with Crippen LogP contribution in [0.25, 0.3) is 0 Å². The van der Waals surface area contributed by atoms with Crippen LogP contribution in [0.15, 0.2) is 0 Å². The van der Waals surface area contributed by atoms with E-state index < -0.39 is 29.9 Å². The molecule has 0 fully saturated rings. The van der Waals surface area contributed by atoms with E-state index in [-0.39, 0.29) is 0 Å². The lowest BCUT2D eigenvalue weighted by molar-refractivity contribution is -0.169. The average Bonchev–Trinajstić information content (AvgIpc) is 2.16. The van der Waals surface area contributed by atoms with Crippen LogP contribution < -0.4 is 0 Å². The van der Waals surface area contributed by atoms with Crippen molar-refractivity contribution >= 4 is 17.9 Å². The fourth-order valence-electron chi connectivity index (χ4n) is 1.31. The highest BCUT2D eigenvalue weighted by atomic mass is 16.5. The van der Waals surface area contributed by atoms with Gasteiger partial charge in [0.05, 0.1) is 6.10 Å². The van der Waals surface area contributed by atoms with E-state index in [2.05, 4.69) is 0 Å². The summed E-state index contributed by atoms with van der Waals surface area (Å²) in [5, 5.41) is 17.1. The van der Waals surface area contributed by atoms with Gasteiger partial charge >= 0.3 is 17.9 Å². The molecule has 0 radical (unpaired) electrons. The van der Waals surface area contributed by atoms with Gasteiger partial charge in [0.15, 0.2) is 0 Å². The number of rotatable bonds is 8. The summed E-state index contributed by atoms with van der Waals surface area (Å²) in [7, 11) is 0. The van der Waals surface area contributed by atoms with Gasteiger partial charge in [0.25, 0.3) is 0 Å². The van der Waals surface area contributed by atoms with Gasteiger partial charge < -0.3 is 14.9 Å². The number of unbranched alkanes of at least 4 members (excludes halogenated alkanes) is 2. The summed E-state index contributed by atoms with van der Waals surface area (Å²) in [6, 6.07) is 0. The highest BCUT2D eigenvalue weighted by Gasteiger charge is 2.36. The van der Waals surface area contributed by atoms with Gasteiger partial charge in [-0.25, -0.2) is 0 Å². The fourth-order valence-corrected chi connectivity index (χ4v) is 1.31. The summed E-state index contributed by atoms with van der Waals surface area (Å²) in [5.74, 6) is -6.76. The predicted octanol–water partition coefficient (Wildman–Crippen LogP) is 1.28. The maximum absolute atomic E-state index is 11.3. The zero-order chi connectivity index (χ0) is 13.4.